The number of nitrogens with zero attached hydrogens (tertiary/aromatic N) is 1. The highest BCUT2D eigenvalue weighted by atomic mass is 32.2. The van der Waals surface area contributed by atoms with Gasteiger partial charge in [0.15, 0.2) is 0 Å². The molecule has 1 unspecified atom stereocenters. The third-order valence-corrected chi connectivity index (χ3v) is 5.25. The predicted molar refractivity (Wildman–Crippen MR) is 78.2 cm³/mol. The van der Waals surface area contributed by atoms with Crippen molar-refractivity contribution in [3.8, 4) is 0 Å². The normalized spacial score (nSPS) is 18.5. The molecule has 1 rings (SSSR count). The number of nitrogens with one attached hydrogen (secondary N) is 1. The van der Waals surface area contributed by atoms with Crippen molar-refractivity contribution in [2.75, 3.05) is 18.8 Å². The lowest BCUT2D eigenvalue weighted by molar-refractivity contribution is -0.138. The SMILES string of the molecule is CCCS(=O)(=O)NC(C)C(=O)N1CCC(CC(=O)O)CC1. The molecule has 1 amide bonds. The van der Waals surface area contributed by atoms with E-state index in [4.69, 9.17) is 5.11 Å². The maximum atomic E-state index is 12.2. The number of aliphatic carboxylic acids is 1. The summed E-state index contributed by atoms with van der Waals surface area (Å²) in [6.07, 6.45) is 1.91. The number of hydrogen-bond donors (Lipinski definition) is 2. The summed E-state index contributed by atoms with van der Waals surface area (Å²) in [6, 6.07) is -0.780. The van der Waals surface area contributed by atoms with Gasteiger partial charge >= 0.3 is 5.97 Å². The van der Waals surface area contributed by atoms with Gasteiger partial charge in [-0.1, -0.05) is 6.92 Å². The Bertz CT molecular complexity index is 469. The highest BCUT2D eigenvalue weighted by Crippen LogP contribution is 2.20. The summed E-state index contributed by atoms with van der Waals surface area (Å²) >= 11 is 0. The van der Waals surface area contributed by atoms with Gasteiger partial charge in [0.2, 0.25) is 15.9 Å². The van der Waals surface area contributed by atoms with Crippen LogP contribution in [0.4, 0.5) is 0 Å². The van der Waals surface area contributed by atoms with E-state index in [9.17, 15) is 18.0 Å². The van der Waals surface area contributed by atoms with Gasteiger partial charge < -0.3 is 10.0 Å². The highest BCUT2D eigenvalue weighted by Gasteiger charge is 2.28. The zero-order valence-electron chi connectivity index (χ0n) is 12.5. The number of sulfonamides is 1. The number of amides is 1. The fourth-order valence-corrected chi connectivity index (χ4v) is 3.82. The second-order valence-corrected chi connectivity index (χ2v) is 7.40. The summed E-state index contributed by atoms with van der Waals surface area (Å²) in [5, 5.41) is 8.75. The first kappa shape index (κ1) is 17.9. The van der Waals surface area contributed by atoms with Crippen molar-refractivity contribution in [2.24, 2.45) is 5.92 Å². The van der Waals surface area contributed by atoms with Crippen LogP contribution in [0.2, 0.25) is 0 Å². The van der Waals surface area contributed by atoms with E-state index in [1.54, 1.807) is 18.7 Å². The van der Waals surface area contributed by atoms with E-state index in [0.717, 1.165) is 0 Å². The highest BCUT2D eigenvalue weighted by molar-refractivity contribution is 7.89. The molecule has 1 heterocycles. The molecule has 0 bridgehead atoms. The molecule has 0 aromatic carbocycles. The van der Waals surface area contributed by atoms with Crippen molar-refractivity contribution in [1.29, 1.82) is 0 Å². The lowest BCUT2D eigenvalue weighted by Crippen LogP contribution is -2.49. The number of carboxylic acids is 1. The van der Waals surface area contributed by atoms with E-state index in [2.05, 4.69) is 4.72 Å². The van der Waals surface area contributed by atoms with E-state index < -0.39 is 22.0 Å². The molecule has 1 aliphatic rings. The number of likely N-dealkylation sites (tertiary alicyclic amines) is 1. The molecule has 122 valence electrons. The fourth-order valence-electron chi connectivity index (χ4n) is 2.53. The van der Waals surface area contributed by atoms with Crippen molar-refractivity contribution in [3.05, 3.63) is 0 Å². The molecule has 8 heteroatoms. The Morgan fingerprint density at radius 2 is 1.90 bits per heavy atom. The summed E-state index contributed by atoms with van der Waals surface area (Å²) in [6.45, 7) is 4.27. The zero-order valence-corrected chi connectivity index (χ0v) is 13.4. The van der Waals surface area contributed by atoms with E-state index in [1.807, 2.05) is 0 Å². The Balaban J connectivity index is 2.48. The van der Waals surface area contributed by atoms with Gasteiger partial charge in [0.25, 0.3) is 0 Å². The van der Waals surface area contributed by atoms with Crippen molar-refractivity contribution in [3.63, 3.8) is 0 Å². The van der Waals surface area contributed by atoms with Gasteiger partial charge in [0.05, 0.1) is 11.8 Å². The molecular weight excluding hydrogens is 296 g/mol. The quantitative estimate of drug-likeness (QED) is 0.707. The number of hydrogen-bond acceptors (Lipinski definition) is 4. The molecule has 1 atom stereocenters. The van der Waals surface area contributed by atoms with Crippen LogP contribution in [-0.2, 0) is 19.6 Å². The Morgan fingerprint density at radius 1 is 1.33 bits per heavy atom. The molecule has 0 radical (unpaired) electrons. The average molecular weight is 320 g/mol. The summed E-state index contributed by atoms with van der Waals surface area (Å²) < 4.78 is 25.7. The van der Waals surface area contributed by atoms with Gasteiger partial charge in [-0.2, -0.15) is 0 Å². The van der Waals surface area contributed by atoms with Gasteiger partial charge in [-0.15, -0.1) is 0 Å². The van der Waals surface area contributed by atoms with Crippen LogP contribution in [0.1, 0.15) is 39.5 Å². The van der Waals surface area contributed by atoms with Gasteiger partial charge in [0.1, 0.15) is 0 Å². The third kappa shape index (κ3) is 6.01. The second-order valence-electron chi connectivity index (χ2n) is 5.52. The molecule has 0 aliphatic carbocycles. The van der Waals surface area contributed by atoms with E-state index in [0.29, 0.717) is 32.4 Å². The topological polar surface area (TPSA) is 104 Å². The minimum absolute atomic E-state index is 0.00526. The van der Waals surface area contributed by atoms with Crippen LogP contribution in [0.3, 0.4) is 0 Å². The Morgan fingerprint density at radius 3 is 2.38 bits per heavy atom. The van der Waals surface area contributed by atoms with Crippen molar-refractivity contribution >= 4 is 21.9 Å². The molecule has 1 fully saturated rings. The maximum absolute atomic E-state index is 12.2. The van der Waals surface area contributed by atoms with Crippen LogP contribution in [-0.4, -0.2) is 55.2 Å². The second kappa shape index (κ2) is 7.74. The summed E-state index contributed by atoms with van der Waals surface area (Å²) in [7, 11) is -3.42. The lowest BCUT2D eigenvalue weighted by Gasteiger charge is -2.33. The molecule has 7 nitrogen and oxygen atoms in total. The number of carbonyl (C=O) groups excluding carboxylic acids is 1. The van der Waals surface area contributed by atoms with Crippen molar-refractivity contribution in [2.45, 2.75) is 45.6 Å². The molecule has 0 spiro atoms. The Hall–Kier alpha value is -1.15. The minimum Gasteiger partial charge on any atom is -0.481 e. The minimum atomic E-state index is -3.42. The fraction of sp³-hybridized carbons (Fsp3) is 0.846. The summed E-state index contributed by atoms with van der Waals surface area (Å²) in [4.78, 5) is 24.5. The van der Waals surface area contributed by atoms with E-state index in [-0.39, 0.29) is 24.0 Å². The Labute approximate surface area is 125 Å². The predicted octanol–water partition coefficient (Wildman–Crippen LogP) is 0.418. The molecule has 0 aromatic heterocycles. The first-order chi connectivity index (χ1) is 9.75. The van der Waals surface area contributed by atoms with Crippen molar-refractivity contribution in [1.82, 2.24) is 9.62 Å². The molecule has 0 aromatic rings. The van der Waals surface area contributed by atoms with Crippen LogP contribution in [0.25, 0.3) is 0 Å². The number of rotatable bonds is 7. The molecule has 0 saturated carbocycles. The van der Waals surface area contributed by atoms with Gasteiger partial charge in [-0.05, 0) is 32.1 Å². The van der Waals surface area contributed by atoms with Crippen molar-refractivity contribution < 1.29 is 23.1 Å². The molecule has 1 saturated heterocycles. The maximum Gasteiger partial charge on any atom is 0.303 e. The zero-order chi connectivity index (χ0) is 16.0. The van der Waals surface area contributed by atoms with E-state index >= 15 is 0 Å². The van der Waals surface area contributed by atoms with Gasteiger partial charge in [-0.25, -0.2) is 13.1 Å². The van der Waals surface area contributed by atoms with Crippen LogP contribution in [0.5, 0.6) is 0 Å². The monoisotopic (exact) mass is 320 g/mol. The number of piperidine rings is 1. The average Bonchev–Trinajstić information content (AvgIpc) is 2.37. The van der Waals surface area contributed by atoms with Crippen LogP contribution >= 0.6 is 0 Å². The summed E-state index contributed by atoms with van der Waals surface area (Å²) in [5.41, 5.74) is 0. The van der Waals surface area contributed by atoms with E-state index in [1.165, 1.54) is 0 Å². The Kier molecular flexibility index (Phi) is 6.60. The molecular formula is C13H24N2O5S. The van der Waals surface area contributed by atoms with Crippen LogP contribution in [0, 0.1) is 5.92 Å². The smallest absolute Gasteiger partial charge is 0.303 e. The summed E-state index contributed by atoms with van der Waals surface area (Å²) in [5.74, 6) is -0.965. The third-order valence-electron chi connectivity index (χ3n) is 3.59. The van der Waals surface area contributed by atoms with Gasteiger partial charge in [0, 0.05) is 19.5 Å². The standard InChI is InChI=1S/C13H24N2O5S/c1-3-8-21(19,20)14-10(2)13(18)15-6-4-11(5-7-15)9-12(16)17/h10-11,14H,3-9H2,1-2H3,(H,16,17). The van der Waals surface area contributed by atoms with Crippen LogP contribution < -0.4 is 4.72 Å². The first-order valence-corrected chi connectivity index (χ1v) is 8.91. The molecule has 21 heavy (non-hydrogen) atoms. The van der Waals surface area contributed by atoms with Crippen LogP contribution in [0.15, 0.2) is 0 Å². The lowest BCUT2D eigenvalue weighted by atomic mass is 9.93. The molecule has 1 aliphatic heterocycles. The number of carbonyl (C=O) groups is 2. The van der Waals surface area contributed by atoms with Gasteiger partial charge in [-0.3, -0.25) is 9.59 Å². The first-order valence-electron chi connectivity index (χ1n) is 7.25. The molecule has 2 N–H and O–H groups in total. The number of carboxylic acid groups (broad SMARTS) is 1. The largest absolute Gasteiger partial charge is 0.481 e.